The lowest BCUT2D eigenvalue weighted by Crippen LogP contribution is -2.28. The highest BCUT2D eigenvalue weighted by atomic mass is 32.1. The highest BCUT2D eigenvalue weighted by Gasteiger charge is 2.36. The number of benzene rings is 1. The van der Waals surface area contributed by atoms with E-state index >= 15 is 0 Å². The number of aliphatic hydroxyl groups is 1. The first-order valence-corrected chi connectivity index (χ1v) is 13.7. The highest BCUT2D eigenvalue weighted by molar-refractivity contribution is 7.14. The molecule has 1 atom stereocenters. The van der Waals surface area contributed by atoms with Crippen molar-refractivity contribution in [3.8, 4) is 17.0 Å². The maximum atomic E-state index is 11.2. The van der Waals surface area contributed by atoms with Crippen LogP contribution in [0, 0.1) is 12.8 Å². The largest absolute Gasteiger partial charge is 0.496 e. The molecule has 4 aromatic heterocycles. The highest BCUT2D eigenvalue weighted by Crippen LogP contribution is 2.46. The molecule has 9 nitrogen and oxygen atoms in total. The van der Waals surface area contributed by atoms with Crippen LogP contribution in [-0.2, 0) is 17.4 Å². The van der Waals surface area contributed by atoms with Crippen molar-refractivity contribution in [3.05, 3.63) is 53.5 Å². The minimum Gasteiger partial charge on any atom is -0.496 e. The summed E-state index contributed by atoms with van der Waals surface area (Å²) in [5.74, 6) is 1.12. The number of hydrogen-bond donors (Lipinski definition) is 1. The molecule has 0 saturated carbocycles. The first-order valence-electron chi connectivity index (χ1n) is 12.9. The van der Waals surface area contributed by atoms with Crippen LogP contribution in [0.15, 0.2) is 36.5 Å². The molecule has 0 radical (unpaired) electrons. The van der Waals surface area contributed by atoms with E-state index in [1.54, 1.807) is 25.6 Å². The lowest BCUT2D eigenvalue weighted by atomic mass is 9.86. The van der Waals surface area contributed by atoms with E-state index in [-0.39, 0.29) is 12.0 Å². The van der Waals surface area contributed by atoms with Crippen LogP contribution in [0.2, 0.25) is 0 Å². The van der Waals surface area contributed by atoms with Crippen molar-refractivity contribution in [2.75, 3.05) is 20.3 Å². The minimum atomic E-state index is -1.13. The molecule has 1 aliphatic rings. The standard InChI is InChI=1S/C28H32N6O3S/c1-16-23(33(4)32-30-16)18-14-20-22(29-15-18)26-25(27(31-38-26)28(2,3)35)34(20)24(17-10-12-37-13-11-17)19-8-6-7-9-21(19)36-5/h6-9,14-15,17,24,35H,10-13H2,1-5H3. The van der Waals surface area contributed by atoms with Crippen LogP contribution >= 0.6 is 11.5 Å². The Morgan fingerprint density at radius 2 is 1.97 bits per heavy atom. The van der Waals surface area contributed by atoms with Crippen LogP contribution in [0.25, 0.3) is 32.5 Å². The van der Waals surface area contributed by atoms with Crippen molar-refractivity contribution in [1.82, 2.24) is 28.9 Å². The summed E-state index contributed by atoms with van der Waals surface area (Å²) in [6.07, 6.45) is 3.71. The maximum Gasteiger partial charge on any atom is 0.124 e. The Kier molecular flexibility index (Phi) is 6.20. The van der Waals surface area contributed by atoms with Gasteiger partial charge < -0.3 is 19.1 Å². The van der Waals surface area contributed by atoms with Crippen LogP contribution in [0.1, 0.15) is 49.7 Å². The van der Waals surface area contributed by atoms with E-state index in [1.807, 2.05) is 32.3 Å². The van der Waals surface area contributed by atoms with Gasteiger partial charge in [-0.05, 0) is 63.2 Å². The van der Waals surface area contributed by atoms with Crippen molar-refractivity contribution < 1.29 is 14.6 Å². The number of pyridine rings is 1. The summed E-state index contributed by atoms with van der Waals surface area (Å²) in [4.78, 5) is 4.97. The topological polar surface area (TPSA) is 100 Å². The molecule has 0 spiro atoms. The van der Waals surface area contributed by atoms with Gasteiger partial charge in [-0.2, -0.15) is 4.37 Å². The Labute approximate surface area is 225 Å². The second kappa shape index (κ2) is 9.44. The smallest absolute Gasteiger partial charge is 0.124 e. The summed E-state index contributed by atoms with van der Waals surface area (Å²) in [5.41, 5.74) is 6.11. The molecule has 1 fully saturated rings. The van der Waals surface area contributed by atoms with Gasteiger partial charge in [-0.1, -0.05) is 23.4 Å². The molecule has 0 aliphatic carbocycles. The predicted molar refractivity (Wildman–Crippen MR) is 148 cm³/mol. The molecule has 1 N–H and O–H groups in total. The van der Waals surface area contributed by atoms with E-state index in [1.165, 1.54) is 11.5 Å². The van der Waals surface area contributed by atoms with Gasteiger partial charge in [0.2, 0.25) is 0 Å². The van der Waals surface area contributed by atoms with Gasteiger partial charge in [-0.15, -0.1) is 5.10 Å². The second-order valence-electron chi connectivity index (χ2n) is 10.5. The molecule has 0 amide bonds. The monoisotopic (exact) mass is 532 g/mol. The number of para-hydroxylation sites is 1. The fourth-order valence-electron chi connectivity index (χ4n) is 5.82. The van der Waals surface area contributed by atoms with Gasteiger partial charge in [0.15, 0.2) is 0 Å². The van der Waals surface area contributed by atoms with Crippen molar-refractivity contribution >= 4 is 32.8 Å². The van der Waals surface area contributed by atoms with E-state index in [0.29, 0.717) is 18.9 Å². The normalized spacial score (nSPS) is 15.9. The van der Waals surface area contributed by atoms with Crippen molar-refractivity contribution in [2.24, 2.45) is 13.0 Å². The van der Waals surface area contributed by atoms with Crippen LogP contribution in [0.3, 0.4) is 0 Å². The fourth-order valence-corrected chi connectivity index (χ4v) is 6.84. The first-order chi connectivity index (χ1) is 18.3. The SMILES string of the molecule is COc1ccccc1C(C1CCOCC1)n1c2cc(-c3c(C)nnn3C)cnc2c2snc(C(C)(C)O)c21. The Hall–Kier alpha value is -3.34. The molecule has 198 valence electrons. The van der Waals surface area contributed by atoms with Gasteiger partial charge in [-0.25, -0.2) is 4.68 Å². The minimum absolute atomic E-state index is 0.0737. The molecule has 6 rings (SSSR count). The van der Waals surface area contributed by atoms with Crippen LogP contribution in [-0.4, -0.2) is 54.3 Å². The summed E-state index contributed by atoms with van der Waals surface area (Å²) in [7, 11) is 3.61. The van der Waals surface area contributed by atoms with Gasteiger partial charge in [0.05, 0.1) is 40.3 Å². The third kappa shape index (κ3) is 3.98. The zero-order chi connectivity index (χ0) is 26.6. The first kappa shape index (κ1) is 25.0. The Morgan fingerprint density at radius 3 is 2.66 bits per heavy atom. The quantitative estimate of drug-likeness (QED) is 0.328. The van der Waals surface area contributed by atoms with Gasteiger partial charge in [-0.3, -0.25) is 4.98 Å². The molecule has 1 aliphatic heterocycles. The van der Waals surface area contributed by atoms with Crippen molar-refractivity contribution in [3.63, 3.8) is 0 Å². The van der Waals surface area contributed by atoms with Crippen LogP contribution < -0.4 is 4.74 Å². The predicted octanol–water partition coefficient (Wildman–Crippen LogP) is 5.00. The second-order valence-corrected chi connectivity index (χ2v) is 11.3. The molecule has 0 bridgehead atoms. The van der Waals surface area contributed by atoms with E-state index in [9.17, 15) is 5.11 Å². The molecule has 10 heteroatoms. The number of ether oxygens (including phenoxy) is 2. The molecule has 5 aromatic rings. The number of hydrogen-bond acceptors (Lipinski definition) is 8. The van der Waals surface area contributed by atoms with Crippen LogP contribution in [0.4, 0.5) is 0 Å². The van der Waals surface area contributed by atoms with E-state index in [4.69, 9.17) is 18.8 Å². The Bertz CT molecular complexity index is 1600. The number of rotatable bonds is 6. The number of fused-ring (bicyclic) bond motifs is 3. The van der Waals surface area contributed by atoms with E-state index in [0.717, 1.165) is 62.4 Å². The lowest BCUT2D eigenvalue weighted by Gasteiger charge is -2.34. The zero-order valence-corrected chi connectivity index (χ0v) is 23.1. The molecular weight excluding hydrogens is 500 g/mol. The number of aromatic nitrogens is 6. The zero-order valence-electron chi connectivity index (χ0n) is 22.3. The molecular formula is C28H32N6O3S. The van der Waals surface area contributed by atoms with Crippen molar-refractivity contribution in [1.29, 1.82) is 0 Å². The van der Waals surface area contributed by atoms with E-state index in [2.05, 4.69) is 33.1 Å². The maximum absolute atomic E-state index is 11.2. The lowest BCUT2D eigenvalue weighted by molar-refractivity contribution is 0.0545. The molecule has 5 heterocycles. The van der Waals surface area contributed by atoms with Gasteiger partial charge in [0.1, 0.15) is 22.6 Å². The molecule has 1 aromatic carbocycles. The summed E-state index contributed by atoms with van der Waals surface area (Å²) < 4.78 is 21.5. The Morgan fingerprint density at radius 1 is 1.21 bits per heavy atom. The molecule has 1 saturated heterocycles. The van der Waals surface area contributed by atoms with Gasteiger partial charge in [0.25, 0.3) is 0 Å². The number of methoxy groups -OCH3 is 1. The van der Waals surface area contributed by atoms with E-state index < -0.39 is 5.60 Å². The third-order valence-corrected chi connectivity index (χ3v) is 8.39. The Balaban J connectivity index is 1.72. The van der Waals surface area contributed by atoms with Crippen molar-refractivity contribution in [2.45, 2.75) is 45.3 Å². The van der Waals surface area contributed by atoms with Gasteiger partial charge >= 0.3 is 0 Å². The molecule has 1 unspecified atom stereocenters. The number of nitrogens with zero attached hydrogens (tertiary/aromatic N) is 6. The summed E-state index contributed by atoms with van der Waals surface area (Å²) >= 11 is 1.39. The summed E-state index contributed by atoms with van der Waals surface area (Å²) in [5, 5.41) is 19.7. The molecule has 38 heavy (non-hydrogen) atoms. The summed E-state index contributed by atoms with van der Waals surface area (Å²) in [6.45, 7) is 6.96. The van der Waals surface area contributed by atoms with Crippen LogP contribution in [0.5, 0.6) is 5.75 Å². The van der Waals surface area contributed by atoms with Gasteiger partial charge in [0, 0.05) is 37.6 Å². The summed E-state index contributed by atoms with van der Waals surface area (Å²) in [6, 6.07) is 10.3. The average Bonchev–Trinajstić information content (AvgIpc) is 3.58. The number of aryl methyl sites for hydroxylation is 2. The third-order valence-electron chi connectivity index (χ3n) is 7.55. The fraction of sp³-hybridized carbons (Fsp3) is 0.429. The average molecular weight is 533 g/mol.